The summed E-state index contributed by atoms with van der Waals surface area (Å²) in [5, 5.41) is 11.7. The molecular weight excluding hydrogens is 340 g/mol. The largest absolute Gasteiger partial charge is 0.490 e. The zero-order valence-corrected chi connectivity index (χ0v) is 15.3. The standard InChI is InChI=1S/C18H26N2O6/c1-18(2,3)26-17(23)20-13(16(21)22)10-12(19)11-5-6-14-15(9-11)25-8-4-7-24-14/h5-6,9,12-13H,4,7-8,10,19H2,1-3H3,(H,20,23)(H,21,22)/t12-,13-/m1/s1. The fourth-order valence-corrected chi connectivity index (χ4v) is 2.47. The number of fused-ring (bicyclic) bond motifs is 1. The summed E-state index contributed by atoms with van der Waals surface area (Å²) in [4.78, 5) is 23.3. The van der Waals surface area contributed by atoms with Crippen molar-refractivity contribution in [3.63, 3.8) is 0 Å². The molecule has 0 saturated carbocycles. The highest BCUT2D eigenvalue weighted by Crippen LogP contribution is 2.32. The van der Waals surface area contributed by atoms with E-state index in [9.17, 15) is 14.7 Å². The number of rotatable bonds is 5. The first kappa shape index (κ1) is 19.8. The van der Waals surface area contributed by atoms with E-state index in [1.165, 1.54) is 0 Å². The molecule has 1 amide bonds. The lowest BCUT2D eigenvalue weighted by molar-refractivity contribution is -0.139. The average molecular weight is 366 g/mol. The van der Waals surface area contributed by atoms with E-state index in [-0.39, 0.29) is 6.42 Å². The predicted molar refractivity (Wildman–Crippen MR) is 94.4 cm³/mol. The van der Waals surface area contributed by atoms with Crippen LogP contribution < -0.4 is 20.5 Å². The smallest absolute Gasteiger partial charge is 0.408 e. The van der Waals surface area contributed by atoms with E-state index >= 15 is 0 Å². The lowest BCUT2D eigenvalue weighted by Crippen LogP contribution is -2.44. The minimum Gasteiger partial charge on any atom is -0.490 e. The lowest BCUT2D eigenvalue weighted by Gasteiger charge is -2.23. The van der Waals surface area contributed by atoms with Gasteiger partial charge in [-0.15, -0.1) is 0 Å². The van der Waals surface area contributed by atoms with Gasteiger partial charge in [0.1, 0.15) is 11.6 Å². The quantitative estimate of drug-likeness (QED) is 0.730. The number of nitrogens with two attached hydrogens (primary N) is 1. The molecule has 0 aromatic heterocycles. The van der Waals surface area contributed by atoms with E-state index in [4.69, 9.17) is 19.9 Å². The van der Waals surface area contributed by atoms with Gasteiger partial charge in [-0.1, -0.05) is 6.07 Å². The number of amides is 1. The minimum atomic E-state index is -1.18. The van der Waals surface area contributed by atoms with Gasteiger partial charge in [0.15, 0.2) is 11.5 Å². The Morgan fingerprint density at radius 1 is 1.27 bits per heavy atom. The molecule has 4 N–H and O–H groups in total. The van der Waals surface area contributed by atoms with Gasteiger partial charge in [0.25, 0.3) is 0 Å². The van der Waals surface area contributed by atoms with E-state index in [2.05, 4.69) is 5.32 Å². The third-order valence-electron chi connectivity index (χ3n) is 3.68. The van der Waals surface area contributed by atoms with Gasteiger partial charge in [-0.05, 0) is 44.9 Å². The van der Waals surface area contributed by atoms with Crippen LogP contribution in [0.25, 0.3) is 0 Å². The van der Waals surface area contributed by atoms with Crippen LogP contribution in [0.3, 0.4) is 0 Å². The molecular formula is C18H26N2O6. The summed E-state index contributed by atoms with van der Waals surface area (Å²) < 4.78 is 16.3. The predicted octanol–water partition coefficient (Wildman–Crippen LogP) is 2.22. The first-order chi connectivity index (χ1) is 12.2. The van der Waals surface area contributed by atoms with E-state index in [1.807, 2.05) is 0 Å². The maximum absolute atomic E-state index is 11.8. The third kappa shape index (κ3) is 5.80. The highest BCUT2D eigenvalue weighted by Gasteiger charge is 2.26. The van der Waals surface area contributed by atoms with Crippen LogP contribution in [0.15, 0.2) is 18.2 Å². The van der Waals surface area contributed by atoms with Gasteiger partial charge in [-0.25, -0.2) is 9.59 Å². The molecule has 0 fully saturated rings. The van der Waals surface area contributed by atoms with Gasteiger partial charge in [0, 0.05) is 12.5 Å². The summed E-state index contributed by atoms with van der Waals surface area (Å²) in [6.45, 7) is 6.23. The molecule has 2 rings (SSSR count). The summed E-state index contributed by atoms with van der Waals surface area (Å²) in [5.74, 6) is 0.0446. The molecule has 0 radical (unpaired) electrons. The Labute approximate surface area is 152 Å². The van der Waals surface area contributed by atoms with Crippen molar-refractivity contribution >= 4 is 12.1 Å². The molecule has 1 heterocycles. The summed E-state index contributed by atoms with van der Waals surface area (Å²) in [7, 11) is 0. The number of hydrogen-bond acceptors (Lipinski definition) is 6. The number of ether oxygens (including phenoxy) is 3. The van der Waals surface area contributed by atoms with E-state index < -0.39 is 29.7 Å². The maximum atomic E-state index is 11.8. The number of carboxylic acids is 1. The Kier molecular flexibility index (Phi) is 6.31. The van der Waals surface area contributed by atoms with Crippen LogP contribution in [0.1, 0.15) is 45.2 Å². The van der Waals surface area contributed by atoms with Crippen molar-refractivity contribution < 1.29 is 28.9 Å². The monoisotopic (exact) mass is 366 g/mol. The molecule has 1 aromatic rings. The normalized spacial score (nSPS) is 16.2. The van der Waals surface area contributed by atoms with Crippen LogP contribution in [0.2, 0.25) is 0 Å². The number of carbonyl (C=O) groups is 2. The molecule has 0 unspecified atom stereocenters. The van der Waals surface area contributed by atoms with Gasteiger partial charge in [0.2, 0.25) is 0 Å². The number of benzene rings is 1. The fourth-order valence-electron chi connectivity index (χ4n) is 2.47. The van der Waals surface area contributed by atoms with Gasteiger partial charge < -0.3 is 30.4 Å². The highest BCUT2D eigenvalue weighted by atomic mass is 16.6. The van der Waals surface area contributed by atoms with Crippen LogP contribution in [-0.4, -0.2) is 42.0 Å². The van der Waals surface area contributed by atoms with Gasteiger partial charge in [0.05, 0.1) is 13.2 Å². The Morgan fingerprint density at radius 3 is 2.54 bits per heavy atom. The van der Waals surface area contributed by atoms with Crippen LogP contribution in [-0.2, 0) is 9.53 Å². The van der Waals surface area contributed by atoms with Crippen LogP contribution in [0, 0.1) is 0 Å². The number of carboxylic acid groups (broad SMARTS) is 1. The minimum absolute atomic E-state index is 0.00815. The van der Waals surface area contributed by atoms with Crippen molar-refractivity contribution in [1.29, 1.82) is 0 Å². The van der Waals surface area contributed by atoms with Crippen molar-refractivity contribution in [2.24, 2.45) is 5.73 Å². The molecule has 0 saturated heterocycles. The first-order valence-electron chi connectivity index (χ1n) is 8.53. The third-order valence-corrected chi connectivity index (χ3v) is 3.68. The van der Waals surface area contributed by atoms with Gasteiger partial charge >= 0.3 is 12.1 Å². The Hall–Kier alpha value is -2.48. The van der Waals surface area contributed by atoms with Crippen molar-refractivity contribution in [3.8, 4) is 11.5 Å². The lowest BCUT2D eigenvalue weighted by atomic mass is 9.99. The second-order valence-electron chi connectivity index (χ2n) is 7.14. The zero-order chi connectivity index (χ0) is 19.3. The Morgan fingerprint density at radius 2 is 1.92 bits per heavy atom. The summed E-state index contributed by atoms with van der Waals surface area (Å²) in [5.41, 5.74) is 6.14. The van der Waals surface area contributed by atoms with E-state index in [0.29, 0.717) is 30.3 Å². The van der Waals surface area contributed by atoms with Crippen molar-refractivity contribution in [1.82, 2.24) is 5.32 Å². The molecule has 1 aromatic carbocycles. The topological polar surface area (TPSA) is 120 Å². The fraction of sp³-hybridized carbons (Fsp3) is 0.556. The second-order valence-corrected chi connectivity index (χ2v) is 7.14. The number of alkyl carbamates (subject to hydrolysis) is 1. The Balaban J connectivity index is 2.05. The van der Waals surface area contributed by atoms with Crippen molar-refractivity contribution in [3.05, 3.63) is 23.8 Å². The molecule has 144 valence electrons. The molecule has 8 nitrogen and oxygen atoms in total. The van der Waals surface area contributed by atoms with Crippen LogP contribution >= 0.6 is 0 Å². The molecule has 0 spiro atoms. The van der Waals surface area contributed by atoms with E-state index in [0.717, 1.165) is 6.42 Å². The molecule has 2 atom stereocenters. The molecule has 8 heteroatoms. The number of aliphatic carboxylic acids is 1. The summed E-state index contributed by atoms with van der Waals surface area (Å²) in [6, 6.07) is 3.49. The number of nitrogens with one attached hydrogen (secondary N) is 1. The second kappa shape index (κ2) is 8.27. The van der Waals surface area contributed by atoms with Gasteiger partial charge in [-0.2, -0.15) is 0 Å². The highest BCUT2D eigenvalue weighted by molar-refractivity contribution is 5.80. The summed E-state index contributed by atoms with van der Waals surface area (Å²) in [6.07, 6.45) is 0.00122. The van der Waals surface area contributed by atoms with Crippen molar-refractivity contribution in [2.75, 3.05) is 13.2 Å². The average Bonchev–Trinajstić information content (AvgIpc) is 2.76. The summed E-state index contributed by atoms with van der Waals surface area (Å²) >= 11 is 0. The molecule has 26 heavy (non-hydrogen) atoms. The molecule has 0 bridgehead atoms. The SMILES string of the molecule is CC(C)(C)OC(=O)N[C@H](C[C@@H](N)c1ccc2c(c1)OCCCO2)C(=O)O. The zero-order valence-electron chi connectivity index (χ0n) is 15.3. The van der Waals surface area contributed by atoms with Gasteiger partial charge in [-0.3, -0.25) is 0 Å². The first-order valence-corrected chi connectivity index (χ1v) is 8.53. The van der Waals surface area contributed by atoms with E-state index in [1.54, 1.807) is 39.0 Å². The maximum Gasteiger partial charge on any atom is 0.408 e. The Bertz CT molecular complexity index is 656. The molecule has 0 aliphatic carbocycles. The van der Waals surface area contributed by atoms with Crippen molar-refractivity contribution in [2.45, 2.75) is 51.3 Å². The molecule has 1 aliphatic heterocycles. The number of hydrogen-bond donors (Lipinski definition) is 3. The van der Waals surface area contributed by atoms with Crippen LogP contribution in [0.4, 0.5) is 4.79 Å². The molecule has 1 aliphatic rings. The number of carbonyl (C=O) groups excluding carboxylic acids is 1. The van der Waals surface area contributed by atoms with Crippen LogP contribution in [0.5, 0.6) is 11.5 Å².